The molecule has 0 bridgehead atoms. The van der Waals surface area contributed by atoms with Gasteiger partial charge in [-0.05, 0) is 50.3 Å². The van der Waals surface area contributed by atoms with Crippen molar-refractivity contribution in [1.82, 2.24) is 5.32 Å². The summed E-state index contributed by atoms with van der Waals surface area (Å²) in [5.74, 6) is 0. The van der Waals surface area contributed by atoms with Gasteiger partial charge in [-0.2, -0.15) is 0 Å². The highest BCUT2D eigenvalue weighted by Gasteiger charge is 2.20. The lowest BCUT2D eigenvalue weighted by atomic mass is 9.98. The van der Waals surface area contributed by atoms with Gasteiger partial charge in [0.15, 0.2) is 0 Å². The Kier molecular flexibility index (Phi) is 7.39. The molecule has 2 rings (SSSR count). The molecule has 0 radical (unpaired) electrons. The fourth-order valence-corrected chi connectivity index (χ4v) is 2.68. The van der Waals surface area contributed by atoms with Crippen LogP contribution in [0.1, 0.15) is 50.0 Å². The summed E-state index contributed by atoms with van der Waals surface area (Å²) in [7, 11) is 0. The lowest BCUT2D eigenvalue weighted by Gasteiger charge is -2.21. The fourth-order valence-electron chi connectivity index (χ4n) is 2.68. The number of ether oxygens (including phenoxy) is 1. The second-order valence-electron chi connectivity index (χ2n) is 7.63. The zero-order chi connectivity index (χ0) is 19.9. The highest BCUT2D eigenvalue weighted by atomic mass is 16.6. The van der Waals surface area contributed by atoms with E-state index in [1.807, 2.05) is 42.5 Å². The zero-order valence-corrected chi connectivity index (χ0v) is 16.2. The van der Waals surface area contributed by atoms with Gasteiger partial charge in [-0.3, -0.25) is 0 Å². The molecule has 2 unspecified atom stereocenters. The Hall–Kier alpha value is -2.37. The Morgan fingerprint density at radius 1 is 1.00 bits per heavy atom. The lowest BCUT2D eigenvalue weighted by Crippen LogP contribution is -2.34. The van der Waals surface area contributed by atoms with E-state index >= 15 is 0 Å². The van der Waals surface area contributed by atoms with Crippen molar-refractivity contribution >= 4 is 6.09 Å². The molecule has 1 amide bonds. The van der Waals surface area contributed by atoms with E-state index in [0.717, 1.165) is 12.0 Å². The quantitative estimate of drug-likeness (QED) is 0.695. The summed E-state index contributed by atoms with van der Waals surface area (Å²) in [4.78, 5) is 11.6. The van der Waals surface area contributed by atoms with Crippen LogP contribution in [0, 0.1) is 0 Å². The summed E-state index contributed by atoms with van der Waals surface area (Å²) < 4.78 is 5.13. The summed E-state index contributed by atoms with van der Waals surface area (Å²) in [6.45, 7) is 5.57. The number of amides is 1. The molecule has 0 fully saturated rings. The van der Waals surface area contributed by atoms with E-state index in [9.17, 15) is 15.0 Å². The average Bonchev–Trinajstić information content (AvgIpc) is 2.61. The van der Waals surface area contributed by atoms with E-state index in [4.69, 9.17) is 4.74 Å². The molecular weight excluding hydrogens is 342 g/mol. The molecule has 0 spiro atoms. The fraction of sp³-hybridized carbons (Fsp3) is 0.409. The van der Waals surface area contributed by atoms with Crippen LogP contribution in [-0.2, 0) is 11.2 Å². The van der Waals surface area contributed by atoms with Gasteiger partial charge in [-0.1, -0.05) is 54.6 Å². The van der Waals surface area contributed by atoms with Crippen molar-refractivity contribution in [2.45, 2.75) is 51.4 Å². The highest BCUT2D eigenvalue weighted by molar-refractivity contribution is 5.67. The molecular formula is C22H29NO4. The summed E-state index contributed by atoms with van der Waals surface area (Å²) >= 11 is 0. The topological polar surface area (TPSA) is 78.8 Å². The molecule has 0 heterocycles. The molecule has 146 valence electrons. The number of hydrogen-bond donors (Lipinski definition) is 3. The minimum absolute atomic E-state index is 0.221. The first-order valence-electron chi connectivity index (χ1n) is 9.20. The van der Waals surface area contributed by atoms with Crippen molar-refractivity contribution in [2.75, 3.05) is 6.54 Å². The number of aliphatic hydroxyl groups excluding tert-OH is 2. The minimum atomic E-state index is -1.00. The zero-order valence-electron chi connectivity index (χ0n) is 16.2. The number of hydrogen-bond acceptors (Lipinski definition) is 4. The van der Waals surface area contributed by atoms with E-state index in [1.54, 1.807) is 20.8 Å². The van der Waals surface area contributed by atoms with Crippen LogP contribution >= 0.6 is 0 Å². The average molecular weight is 371 g/mol. The van der Waals surface area contributed by atoms with Gasteiger partial charge in [-0.25, -0.2) is 4.79 Å². The van der Waals surface area contributed by atoms with Crippen LogP contribution in [-0.4, -0.2) is 34.6 Å². The smallest absolute Gasteiger partial charge is 0.407 e. The minimum Gasteiger partial charge on any atom is -0.444 e. The van der Waals surface area contributed by atoms with Crippen molar-refractivity contribution in [3.8, 4) is 0 Å². The summed E-state index contributed by atoms with van der Waals surface area (Å²) in [5.41, 5.74) is 2.44. The van der Waals surface area contributed by atoms with Gasteiger partial charge in [0, 0.05) is 6.54 Å². The summed E-state index contributed by atoms with van der Waals surface area (Å²) in [6, 6.07) is 17.7. The van der Waals surface area contributed by atoms with Crippen LogP contribution in [0.4, 0.5) is 4.79 Å². The number of benzene rings is 2. The normalized spacial score (nSPS) is 13.7. The predicted octanol–water partition coefficient (Wildman–Crippen LogP) is 3.59. The van der Waals surface area contributed by atoms with Crippen LogP contribution in [0.15, 0.2) is 54.6 Å². The van der Waals surface area contributed by atoms with E-state index in [2.05, 4.69) is 17.4 Å². The second kappa shape index (κ2) is 9.53. The molecule has 0 saturated carbocycles. The third kappa shape index (κ3) is 7.41. The number of aliphatic hydroxyl groups is 2. The van der Waals surface area contributed by atoms with Gasteiger partial charge >= 0.3 is 6.09 Å². The molecule has 3 N–H and O–H groups in total. The molecule has 0 aliphatic heterocycles. The number of nitrogens with one attached hydrogen (secondary N) is 1. The maximum Gasteiger partial charge on any atom is 0.407 e. The van der Waals surface area contributed by atoms with Gasteiger partial charge in [0.2, 0.25) is 0 Å². The summed E-state index contributed by atoms with van der Waals surface area (Å²) in [5, 5.41) is 23.1. The predicted molar refractivity (Wildman–Crippen MR) is 106 cm³/mol. The SMILES string of the molecule is CC(C)(C)OC(=O)NCCC(O)C(O)c1ccc(Cc2ccccc2)cc1. The van der Waals surface area contributed by atoms with E-state index in [-0.39, 0.29) is 13.0 Å². The first-order chi connectivity index (χ1) is 12.7. The monoisotopic (exact) mass is 371 g/mol. The van der Waals surface area contributed by atoms with Gasteiger partial charge in [-0.15, -0.1) is 0 Å². The maximum atomic E-state index is 11.6. The van der Waals surface area contributed by atoms with Gasteiger partial charge in [0.25, 0.3) is 0 Å². The van der Waals surface area contributed by atoms with Crippen molar-refractivity contribution in [1.29, 1.82) is 0 Å². The molecule has 0 aliphatic carbocycles. The van der Waals surface area contributed by atoms with Crippen molar-refractivity contribution < 1.29 is 19.7 Å². The number of carbonyl (C=O) groups excluding carboxylic acids is 1. The molecule has 0 saturated heterocycles. The molecule has 5 nitrogen and oxygen atoms in total. The highest BCUT2D eigenvalue weighted by Crippen LogP contribution is 2.20. The molecule has 2 aromatic carbocycles. The Morgan fingerprint density at radius 2 is 1.59 bits per heavy atom. The Balaban J connectivity index is 1.82. The molecule has 2 atom stereocenters. The molecule has 5 heteroatoms. The van der Waals surface area contributed by atoms with Crippen molar-refractivity contribution in [2.24, 2.45) is 0 Å². The number of carbonyl (C=O) groups is 1. The number of alkyl carbamates (subject to hydrolysis) is 1. The second-order valence-corrected chi connectivity index (χ2v) is 7.63. The van der Waals surface area contributed by atoms with Crippen molar-refractivity contribution in [3.05, 3.63) is 71.3 Å². The third-order valence-electron chi connectivity index (χ3n) is 4.05. The third-order valence-corrected chi connectivity index (χ3v) is 4.05. The largest absolute Gasteiger partial charge is 0.444 e. The molecule has 27 heavy (non-hydrogen) atoms. The maximum absolute atomic E-state index is 11.6. The van der Waals surface area contributed by atoms with Crippen LogP contribution in [0.5, 0.6) is 0 Å². The lowest BCUT2D eigenvalue weighted by molar-refractivity contribution is 0.0123. The van der Waals surface area contributed by atoms with E-state index < -0.39 is 23.9 Å². The van der Waals surface area contributed by atoms with Gasteiger partial charge < -0.3 is 20.3 Å². The Bertz CT molecular complexity index is 707. The van der Waals surface area contributed by atoms with Crippen molar-refractivity contribution in [3.63, 3.8) is 0 Å². The first-order valence-corrected chi connectivity index (χ1v) is 9.20. The van der Waals surface area contributed by atoms with Gasteiger partial charge in [0.05, 0.1) is 6.10 Å². The van der Waals surface area contributed by atoms with E-state index in [1.165, 1.54) is 5.56 Å². The van der Waals surface area contributed by atoms with E-state index in [0.29, 0.717) is 5.56 Å². The first kappa shape index (κ1) is 20.9. The Morgan fingerprint density at radius 3 is 2.19 bits per heavy atom. The number of rotatable bonds is 7. The van der Waals surface area contributed by atoms with Crippen LogP contribution in [0.3, 0.4) is 0 Å². The standard InChI is InChI=1S/C22H29NO4/c1-22(2,3)27-21(26)23-14-13-19(24)20(25)18-11-9-17(10-12-18)15-16-7-5-4-6-8-16/h4-12,19-20,24-25H,13-15H2,1-3H3,(H,23,26). The molecule has 0 aliphatic rings. The Labute approximate surface area is 161 Å². The van der Waals surface area contributed by atoms with Crippen LogP contribution in [0.25, 0.3) is 0 Å². The molecule has 0 aromatic heterocycles. The molecule has 2 aromatic rings. The van der Waals surface area contributed by atoms with Crippen LogP contribution < -0.4 is 5.32 Å². The van der Waals surface area contributed by atoms with Gasteiger partial charge in [0.1, 0.15) is 11.7 Å². The van der Waals surface area contributed by atoms with Crippen LogP contribution in [0.2, 0.25) is 0 Å². The summed E-state index contributed by atoms with van der Waals surface area (Å²) in [6.07, 6.45) is -1.46.